The molecule has 1 amide bonds. The van der Waals surface area contributed by atoms with Gasteiger partial charge >= 0.3 is 0 Å². The van der Waals surface area contributed by atoms with Crippen molar-refractivity contribution in [3.05, 3.63) is 34.0 Å². The van der Waals surface area contributed by atoms with Crippen molar-refractivity contribution in [1.82, 2.24) is 24.6 Å². The van der Waals surface area contributed by atoms with Gasteiger partial charge in [0.1, 0.15) is 5.69 Å². The lowest BCUT2D eigenvalue weighted by molar-refractivity contribution is 0.0653. The highest BCUT2D eigenvalue weighted by atomic mass is 32.1. The number of likely N-dealkylation sites (tertiary alicyclic amines) is 1. The van der Waals surface area contributed by atoms with Gasteiger partial charge in [0.15, 0.2) is 0 Å². The van der Waals surface area contributed by atoms with E-state index in [0.29, 0.717) is 12.2 Å². The maximum absolute atomic E-state index is 12.8. The fraction of sp³-hybridized carbons (Fsp3) is 0.588. The van der Waals surface area contributed by atoms with Crippen LogP contribution >= 0.6 is 11.3 Å². The molecule has 0 radical (unpaired) electrons. The number of hydrogen-bond donors (Lipinski definition) is 0. The van der Waals surface area contributed by atoms with Gasteiger partial charge in [-0.1, -0.05) is 0 Å². The van der Waals surface area contributed by atoms with Crippen LogP contribution in [0.1, 0.15) is 46.5 Å². The molecule has 7 heteroatoms. The largest absolute Gasteiger partial charge is 0.329 e. The minimum Gasteiger partial charge on any atom is -0.329 e. The van der Waals surface area contributed by atoms with Crippen LogP contribution in [0.2, 0.25) is 0 Å². The summed E-state index contributed by atoms with van der Waals surface area (Å²) in [7, 11) is 0. The summed E-state index contributed by atoms with van der Waals surface area (Å²) in [6.07, 6.45) is 5.50. The first-order valence-electron chi connectivity index (χ1n) is 8.67. The van der Waals surface area contributed by atoms with Gasteiger partial charge in [-0.3, -0.25) is 9.48 Å². The van der Waals surface area contributed by atoms with Crippen LogP contribution in [0.4, 0.5) is 0 Å². The molecule has 4 heterocycles. The number of thiazole rings is 1. The Bertz CT molecular complexity index is 718. The molecule has 0 aliphatic carbocycles. The average Bonchev–Trinajstić information content (AvgIpc) is 3.32. The quantitative estimate of drug-likeness (QED) is 0.853. The van der Waals surface area contributed by atoms with Gasteiger partial charge in [0.2, 0.25) is 0 Å². The van der Waals surface area contributed by atoms with Crippen molar-refractivity contribution in [3.63, 3.8) is 0 Å². The fourth-order valence-electron chi connectivity index (χ4n) is 3.72. The van der Waals surface area contributed by atoms with Crippen LogP contribution in [0, 0.1) is 6.92 Å². The van der Waals surface area contributed by atoms with Crippen molar-refractivity contribution in [1.29, 1.82) is 0 Å². The number of aryl methyl sites for hydroxylation is 1. The predicted molar refractivity (Wildman–Crippen MR) is 93.1 cm³/mol. The summed E-state index contributed by atoms with van der Waals surface area (Å²) in [6.45, 7) is 6.78. The second-order valence-electron chi connectivity index (χ2n) is 6.70. The van der Waals surface area contributed by atoms with Crippen LogP contribution in [0.5, 0.6) is 0 Å². The number of rotatable bonds is 4. The maximum atomic E-state index is 12.8. The van der Waals surface area contributed by atoms with Crippen LogP contribution in [-0.2, 0) is 6.54 Å². The van der Waals surface area contributed by atoms with E-state index < -0.39 is 0 Å². The zero-order valence-corrected chi connectivity index (χ0v) is 14.8. The molecule has 24 heavy (non-hydrogen) atoms. The SMILES string of the molecule is Cc1nc(C(=O)N2Cc3ccnn3[C@H](CCN3CCCC3)C2)cs1. The summed E-state index contributed by atoms with van der Waals surface area (Å²) < 4.78 is 2.12. The van der Waals surface area contributed by atoms with Crippen molar-refractivity contribution < 1.29 is 4.79 Å². The third kappa shape index (κ3) is 3.10. The minimum atomic E-state index is 0.0398. The molecule has 1 saturated heterocycles. The summed E-state index contributed by atoms with van der Waals surface area (Å²) in [5.74, 6) is 0.0398. The summed E-state index contributed by atoms with van der Waals surface area (Å²) >= 11 is 1.53. The lowest BCUT2D eigenvalue weighted by atomic mass is 10.1. The second-order valence-corrected chi connectivity index (χ2v) is 7.76. The van der Waals surface area contributed by atoms with Gasteiger partial charge in [-0.25, -0.2) is 4.98 Å². The molecule has 0 unspecified atom stereocenters. The number of hydrogen-bond acceptors (Lipinski definition) is 5. The van der Waals surface area contributed by atoms with E-state index in [4.69, 9.17) is 0 Å². The molecule has 2 aromatic rings. The summed E-state index contributed by atoms with van der Waals surface area (Å²) in [5.41, 5.74) is 1.69. The lowest BCUT2D eigenvalue weighted by Gasteiger charge is -2.34. The van der Waals surface area contributed by atoms with E-state index >= 15 is 0 Å². The molecule has 1 fully saturated rings. The number of amides is 1. The van der Waals surface area contributed by atoms with E-state index in [9.17, 15) is 4.79 Å². The van der Waals surface area contributed by atoms with E-state index in [1.165, 1.54) is 37.3 Å². The number of nitrogens with zero attached hydrogens (tertiary/aromatic N) is 5. The molecule has 2 aliphatic heterocycles. The van der Waals surface area contributed by atoms with E-state index in [1.807, 2.05) is 29.5 Å². The van der Waals surface area contributed by atoms with Crippen LogP contribution in [-0.4, -0.2) is 56.7 Å². The van der Waals surface area contributed by atoms with E-state index in [-0.39, 0.29) is 11.9 Å². The number of fused-ring (bicyclic) bond motifs is 1. The Morgan fingerprint density at radius 2 is 2.21 bits per heavy atom. The smallest absolute Gasteiger partial charge is 0.273 e. The molecular formula is C17H23N5OS. The lowest BCUT2D eigenvalue weighted by Crippen LogP contribution is -2.42. The number of carbonyl (C=O) groups excluding carboxylic acids is 1. The monoisotopic (exact) mass is 345 g/mol. The van der Waals surface area contributed by atoms with Gasteiger partial charge in [-0.2, -0.15) is 5.10 Å². The average molecular weight is 345 g/mol. The molecule has 2 aromatic heterocycles. The molecule has 4 rings (SSSR count). The first kappa shape index (κ1) is 15.8. The van der Waals surface area contributed by atoms with Gasteiger partial charge in [0.25, 0.3) is 5.91 Å². The Morgan fingerprint density at radius 3 is 2.96 bits per heavy atom. The third-order valence-electron chi connectivity index (χ3n) is 4.98. The zero-order valence-electron chi connectivity index (χ0n) is 14.0. The van der Waals surface area contributed by atoms with Crippen molar-refractivity contribution in [2.75, 3.05) is 26.2 Å². The Morgan fingerprint density at radius 1 is 1.38 bits per heavy atom. The van der Waals surface area contributed by atoms with Crippen molar-refractivity contribution in [2.45, 2.75) is 38.8 Å². The van der Waals surface area contributed by atoms with Crippen molar-refractivity contribution in [3.8, 4) is 0 Å². The minimum absolute atomic E-state index is 0.0398. The van der Waals surface area contributed by atoms with E-state index in [1.54, 1.807) is 0 Å². The maximum Gasteiger partial charge on any atom is 0.273 e. The molecule has 0 N–H and O–H groups in total. The fourth-order valence-corrected chi connectivity index (χ4v) is 4.30. The Hall–Kier alpha value is -1.73. The predicted octanol–water partition coefficient (Wildman–Crippen LogP) is 2.33. The molecule has 1 atom stereocenters. The topological polar surface area (TPSA) is 54.3 Å². The van der Waals surface area contributed by atoms with E-state index in [2.05, 4.69) is 19.7 Å². The second kappa shape index (κ2) is 6.64. The van der Waals surface area contributed by atoms with Gasteiger partial charge < -0.3 is 9.80 Å². The Kier molecular flexibility index (Phi) is 4.37. The summed E-state index contributed by atoms with van der Waals surface area (Å²) in [4.78, 5) is 21.6. The normalized spacial score (nSPS) is 21.2. The summed E-state index contributed by atoms with van der Waals surface area (Å²) in [6, 6.07) is 2.28. The number of aromatic nitrogens is 3. The molecule has 0 bridgehead atoms. The highest BCUT2D eigenvalue weighted by Crippen LogP contribution is 2.25. The molecule has 0 aromatic carbocycles. The van der Waals surface area contributed by atoms with Gasteiger partial charge in [0, 0.05) is 24.7 Å². The molecule has 128 valence electrons. The standard InChI is InChI=1S/C17H23N5OS/c1-13-19-16(12-24-13)17(23)21-10-14-4-6-18-22(14)15(11-21)5-9-20-7-2-3-8-20/h4,6,12,15H,2-3,5,7-11H2,1H3/t15-/m1/s1. The molecule has 6 nitrogen and oxygen atoms in total. The van der Waals surface area contributed by atoms with Crippen LogP contribution < -0.4 is 0 Å². The van der Waals surface area contributed by atoms with E-state index in [0.717, 1.165) is 30.2 Å². The number of carbonyl (C=O) groups is 1. The third-order valence-corrected chi connectivity index (χ3v) is 5.76. The Labute approximate surface area is 146 Å². The van der Waals surface area contributed by atoms with Gasteiger partial charge in [-0.05, 0) is 45.3 Å². The molecule has 0 spiro atoms. The molecule has 2 aliphatic rings. The highest BCUT2D eigenvalue weighted by Gasteiger charge is 2.30. The van der Waals surface area contributed by atoms with Crippen LogP contribution in [0.25, 0.3) is 0 Å². The first-order valence-corrected chi connectivity index (χ1v) is 9.55. The van der Waals surface area contributed by atoms with Crippen molar-refractivity contribution in [2.24, 2.45) is 0 Å². The van der Waals surface area contributed by atoms with Gasteiger partial charge in [0.05, 0.1) is 23.3 Å². The zero-order chi connectivity index (χ0) is 16.5. The van der Waals surface area contributed by atoms with Crippen LogP contribution in [0.15, 0.2) is 17.6 Å². The molecule has 0 saturated carbocycles. The Balaban J connectivity index is 1.48. The highest BCUT2D eigenvalue weighted by molar-refractivity contribution is 7.09. The first-order chi connectivity index (χ1) is 11.7. The molecular weight excluding hydrogens is 322 g/mol. The van der Waals surface area contributed by atoms with Gasteiger partial charge in [-0.15, -0.1) is 11.3 Å². The summed E-state index contributed by atoms with van der Waals surface area (Å²) in [5, 5.41) is 7.30. The van der Waals surface area contributed by atoms with Crippen molar-refractivity contribution >= 4 is 17.2 Å². The van der Waals surface area contributed by atoms with Crippen LogP contribution in [0.3, 0.4) is 0 Å².